The summed E-state index contributed by atoms with van der Waals surface area (Å²) in [5, 5.41) is 6.32. The average Bonchev–Trinajstić information content (AvgIpc) is 2.38. The third-order valence-corrected chi connectivity index (χ3v) is 4.19. The van der Waals surface area contributed by atoms with Gasteiger partial charge in [-0.25, -0.2) is 0 Å². The number of rotatable bonds is 2. The molecule has 2 N–H and O–H groups in total. The number of nitrogens with one attached hydrogen (secondary N) is 2. The number of hydrogen-bond acceptors (Lipinski definition) is 3. The van der Waals surface area contributed by atoms with Crippen molar-refractivity contribution in [3.8, 4) is 0 Å². The van der Waals surface area contributed by atoms with Gasteiger partial charge in [0.2, 0.25) is 11.8 Å². The Hall–Kier alpha value is -1.10. The van der Waals surface area contributed by atoms with E-state index >= 15 is 0 Å². The van der Waals surface area contributed by atoms with Crippen molar-refractivity contribution in [3.05, 3.63) is 0 Å². The molecule has 0 saturated carbocycles. The molecule has 0 radical (unpaired) electrons. The van der Waals surface area contributed by atoms with Gasteiger partial charge in [0.25, 0.3) is 0 Å². The maximum atomic E-state index is 12.4. The number of carbonyl (C=O) groups is 2. The summed E-state index contributed by atoms with van der Waals surface area (Å²) in [7, 11) is 0. The smallest absolute Gasteiger partial charge is 0.225 e. The highest BCUT2D eigenvalue weighted by Crippen LogP contribution is 2.21. The van der Waals surface area contributed by atoms with Crippen LogP contribution >= 0.6 is 0 Å². The van der Waals surface area contributed by atoms with Crippen LogP contribution in [0.5, 0.6) is 0 Å². The molecule has 0 aromatic carbocycles. The molecular formula is C14H25N3O2. The van der Waals surface area contributed by atoms with Crippen LogP contribution in [-0.4, -0.2) is 48.4 Å². The first-order valence-electron chi connectivity index (χ1n) is 7.35. The van der Waals surface area contributed by atoms with E-state index in [2.05, 4.69) is 17.6 Å². The molecule has 19 heavy (non-hydrogen) atoms. The summed E-state index contributed by atoms with van der Waals surface area (Å²) in [6, 6.07) is 0.688. The average molecular weight is 267 g/mol. The lowest BCUT2D eigenvalue weighted by Gasteiger charge is -2.36. The van der Waals surface area contributed by atoms with Gasteiger partial charge in [0, 0.05) is 38.0 Å². The van der Waals surface area contributed by atoms with Crippen LogP contribution in [0.4, 0.5) is 0 Å². The Labute approximate surface area is 115 Å². The molecule has 5 nitrogen and oxygen atoms in total. The molecule has 2 fully saturated rings. The highest BCUT2D eigenvalue weighted by molar-refractivity contribution is 5.79. The Morgan fingerprint density at radius 1 is 1.21 bits per heavy atom. The van der Waals surface area contributed by atoms with Gasteiger partial charge in [0.15, 0.2) is 0 Å². The van der Waals surface area contributed by atoms with Crippen LogP contribution in [0.3, 0.4) is 0 Å². The first-order chi connectivity index (χ1) is 9.06. The molecule has 2 rings (SSSR count). The van der Waals surface area contributed by atoms with E-state index in [0.717, 1.165) is 45.3 Å². The minimum atomic E-state index is 0.0250. The molecule has 2 atom stereocenters. The molecule has 2 saturated heterocycles. The maximum Gasteiger partial charge on any atom is 0.225 e. The second-order valence-corrected chi connectivity index (χ2v) is 5.88. The number of nitrogens with zero attached hydrogens (tertiary/aromatic N) is 1. The van der Waals surface area contributed by atoms with Crippen molar-refractivity contribution in [1.82, 2.24) is 15.5 Å². The SMILES string of the molecule is CC(=O)NC1CCN(C(=O)C2CCNC(C)C2)CC1. The molecular weight excluding hydrogens is 242 g/mol. The van der Waals surface area contributed by atoms with E-state index in [9.17, 15) is 9.59 Å². The monoisotopic (exact) mass is 267 g/mol. The Balaban J connectivity index is 1.80. The van der Waals surface area contributed by atoms with Crippen molar-refractivity contribution in [2.75, 3.05) is 19.6 Å². The number of carbonyl (C=O) groups excluding carboxylic acids is 2. The van der Waals surface area contributed by atoms with Crippen LogP contribution < -0.4 is 10.6 Å². The highest BCUT2D eigenvalue weighted by atomic mass is 16.2. The van der Waals surface area contributed by atoms with Gasteiger partial charge in [-0.3, -0.25) is 9.59 Å². The lowest BCUT2D eigenvalue weighted by atomic mass is 9.91. The Morgan fingerprint density at radius 2 is 1.89 bits per heavy atom. The van der Waals surface area contributed by atoms with Crippen LogP contribution in [0.25, 0.3) is 0 Å². The molecule has 5 heteroatoms. The summed E-state index contributed by atoms with van der Waals surface area (Å²) in [4.78, 5) is 25.4. The predicted octanol–water partition coefficient (Wildman–Crippen LogP) is 0.502. The fraction of sp³-hybridized carbons (Fsp3) is 0.857. The number of piperidine rings is 2. The Kier molecular flexibility index (Phi) is 4.80. The molecule has 0 aliphatic carbocycles. The zero-order valence-corrected chi connectivity index (χ0v) is 11.9. The van der Waals surface area contributed by atoms with E-state index < -0.39 is 0 Å². The summed E-state index contributed by atoms with van der Waals surface area (Å²) in [5.41, 5.74) is 0. The molecule has 0 aromatic rings. The first kappa shape index (κ1) is 14.3. The van der Waals surface area contributed by atoms with Crippen LogP contribution in [0.15, 0.2) is 0 Å². The van der Waals surface area contributed by atoms with Crippen LogP contribution in [0.1, 0.15) is 39.5 Å². The number of hydrogen-bond donors (Lipinski definition) is 2. The van der Waals surface area contributed by atoms with E-state index in [1.165, 1.54) is 0 Å². The van der Waals surface area contributed by atoms with Gasteiger partial charge in [-0.2, -0.15) is 0 Å². The molecule has 0 spiro atoms. The molecule has 0 aromatic heterocycles. The molecule has 0 bridgehead atoms. The van der Waals surface area contributed by atoms with Crippen LogP contribution in [-0.2, 0) is 9.59 Å². The zero-order chi connectivity index (χ0) is 13.8. The Bertz CT molecular complexity index is 338. The van der Waals surface area contributed by atoms with Crippen molar-refractivity contribution < 1.29 is 9.59 Å². The lowest BCUT2D eigenvalue weighted by molar-refractivity contribution is -0.137. The molecule has 2 aliphatic heterocycles. The molecule has 2 amide bonds. The summed E-state index contributed by atoms with van der Waals surface area (Å²) < 4.78 is 0. The van der Waals surface area contributed by atoms with E-state index in [4.69, 9.17) is 0 Å². The topological polar surface area (TPSA) is 61.4 Å². The van der Waals surface area contributed by atoms with Gasteiger partial charge in [0.1, 0.15) is 0 Å². The summed E-state index contributed by atoms with van der Waals surface area (Å²) in [6.07, 6.45) is 3.66. The van der Waals surface area contributed by atoms with E-state index in [1.807, 2.05) is 4.90 Å². The third-order valence-electron chi connectivity index (χ3n) is 4.19. The molecule has 108 valence electrons. The molecule has 2 aliphatic rings. The predicted molar refractivity (Wildman–Crippen MR) is 73.6 cm³/mol. The summed E-state index contributed by atoms with van der Waals surface area (Å²) in [6.45, 7) is 6.19. The third kappa shape index (κ3) is 3.93. The number of likely N-dealkylation sites (tertiary alicyclic amines) is 1. The van der Waals surface area contributed by atoms with Crippen LogP contribution in [0.2, 0.25) is 0 Å². The van der Waals surface area contributed by atoms with Gasteiger partial charge >= 0.3 is 0 Å². The van der Waals surface area contributed by atoms with E-state index in [-0.39, 0.29) is 17.9 Å². The molecule has 2 heterocycles. The van der Waals surface area contributed by atoms with E-state index in [0.29, 0.717) is 11.9 Å². The first-order valence-corrected chi connectivity index (χ1v) is 7.35. The quantitative estimate of drug-likeness (QED) is 0.766. The maximum absolute atomic E-state index is 12.4. The van der Waals surface area contributed by atoms with Gasteiger partial charge in [-0.15, -0.1) is 0 Å². The van der Waals surface area contributed by atoms with Gasteiger partial charge in [0.05, 0.1) is 0 Å². The number of amides is 2. The Morgan fingerprint density at radius 3 is 2.47 bits per heavy atom. The minimum absolute atomic E-state index is 0.0250. The van der Waals surface area contributed by atoms with Crippen molar-refractivity contribution in [2.45, 2.75) is 51.6 Å². The second-order valence-electron chi connectivity index (χ2n) is 5.88. The van der Waals surface area contributed by atoms with Crippen molar-refractivity contribution in [2.24, 2.45) is 5.92 Å². The van der Waals surface area contributed by atoms with Gasteiger partial charge in [-0.1, -0.05) is 0 Å². The summed E-state index contributed by atoms with van der Waals surface area (Å²) >= 11 is 0. The van der Waals surface area contributed by atoms with Crippen molar-refractivity contribution in [1.29, 1.82) is 0 Å². The zero-order valence-electron chi connectivity index (χ0n) is 11.9. The highest BCUT2D eigenvalue weighted by Gasteiger charge is 2.30. The standard InChI is InChI=1S/C14H25N3O2/c1-10-9-12(3-6-15-10)14(19)17-7-4-13(5-8-17)16-11(2)18/h10,12-13,15H,3-9H2,1-2H3,(H,16,18). The normalized spacial score (nSPS) is 29.1. The summed E-state index contributed by atoms with van der Waals surface area (Å²) in [5.74, 6) is 0.528. The second kappa shape index (κ2) is 6.37. The fourth-order valence-electron chi connectivity index (χ4n) is 3.15. The lowest BCUT2D eigenvalue weighted by Crippen LogP contribution is -2.49. The largest absolute Gasteiger partial charge is 0.353 e. The molecule has 2 unspecified atom stereocenters. The fourth-order valence-corrected chi connectivity index (χ4v) is 3.15. The van der Waals surface area contributed by atoms with Crippen molar-refractivity contribution in [3.63, 3.8) is 0 Å². The van der Waals surface area contributed by atoms with Gasteiger partial charge in [-0.05, 0) is 39.2 Å². The van der Waals surface area contributed by atoms with Crippen molar-refractivity contribution >= 4 is 11.8 Å². The van der Waals surface area contributed by atoms with Gasteiger partial charge < -0.3 is 15.5 Å². The minimum Gasteiger partial charge on any atom is -0.353 e. The van der Waals surface area contributed by atoms with E-state index in [1.54, 1.807) is 6.92 Å². The van der Waals surface area contributed by atoms with Crippen LogP contribution in [0, 0.1) is 5.92 Å².